The van der Waals surface area contributed by atoms with Gasteiger partial charge < -0.3 is 9.47 Å². The number of hydrogen-bond acceptors (Lipinski definition) is 4. The monoisotopic (exact) mass is 297 g/mol. The summed E-state index contributed by atoms with van der Waals surface area (Å²) < 4.78 is 10.5. The first-order chi connectivity index (χ1) is 9.56. The number of esters is 1. The highest BCUT2D eigenvalue weighted by molar-refractivity contribution is 6.30. The lowest BCUT2D eigenvalue weighted by molar-refractivity contribution is -0.148. The zero-order valence-electron chi connectivity index (χ0n) is 11.8. The predicted molar refractivity (Wildman–Crippen MR) is 77.8 cm³/mol. The van der Waals surface area contributed by atoms with E-state index in [1.54, 1.807) is 19.1 Å². The molecule has 0 spiro atoms. The molecule has 1 N–H and O–H groups in total. The van der Waals surface area contributed by atoms with Crippen molar-refractivity contribution in [3.8, 4) is 0 Å². The Hall–Kier alpha value is -1.10. The molecular weight excluding hydrogens is 278 g/mol. The van der Waals surface area contributed by atoms with Crippen molar-refractivity contribution in [3.05, 3.63) is 34.9 Å². The zero-order valence-corrected chi connectivity index (χ0v) is 12.6. The zero-order chi connectivity index (χ0) is 14.6. The van der Waals surface area contributed by atoms with Gasteiger partial charge in [0.05, 0.1) is 13.2 Å². The quantitative estimate of drug-likeness (QED) is 0.848. The molecule has 2 unspecified atom stereocenters. The number of carbonyl (C=O) groups excluding carboxylic acids is 1. The van der Waals surface area contributed by atoms with Gasteiger partial charge in [0.1, 0.15) is 5.54 Å². The van der Waals surface area contributed by atoms with Gasteiger partial charge in [-0.1, -0.05) is 23.7 Å². The van der Waals surface area contributed by atoms with Crippen LogP contribution in [0.3, 0.4) is 0 Å². The third-order valence-corrected chi connectivity index (χ3v) is 3.94. The molecule has 0 amide bonds. The summed E-state index contributed by atoms with van der Waals surface area (Å²) in [6.45, 7) is 3.20. The molecule has 1 fully saturated rings. The summed E-state index contributed by atoms with van der Waals surface area (Å²) in [5, 5.41) is 3.87. The summed E-state index contributed by atoms with van der Waals surface area (Å²) in [7, 11) is 1.39. The van der Waals surface area contributed by atoms with Crippen molar-refractivity contribution in [2.24, 2.45) is 0 Å². The van der Waals surface area contributed by atoms with Crippen LogP contribution in [-0.4, -0.2) is 32.3 Å². The summed E-state index contributed by atoms with van der Waals surface area (Å²) >= 11 is 6.02. The number of rotatable bonds is 5. The van der Waals surface area contributed by atoms with Gasteiger partial charge in [-0.15, -0.1) is 0 Å². The Morgan fingerprint density at radius 2 is 2.40 bits per heavy atom. The Kier molecular flexibility index (Phi) is 5.02. The highest BCUT2D eigenvalue weighted by Crippen LogP contribution is 2.25. The Labute approximate surface area is 124 Å². The van der Waals surface area contributed by atoms with Gasteiger partial charge >= 0.3 is 5.97 Å². The summed E-state index contributed by atoms with van der Waals surface area (Å²) in [6, 6.07) is 7.25. The highest BCUT2D eigenvalue weighted by atomic mass is 35.5. The second-order valence-electron chi connectivity index (χ2n) is 5.14. The van der Waals surface area contributed by atoms with E-state index in [9.17, 15) is 4.79 Å². The van der Waals surface area contributed by atoms with E-state index >= 15 is 0 Å². The Balaban J connectivity index is 2.18. The fraction of sp³-hybridized carbons (Fsp3) is 0.533. The van der Waals surface area contributed by atoms with Crippen LogP contribution in [0.1, 0.15) is 25.3 Å². The molecule has 1 heterocycles. The molecule has 1 aromatic rings. The lowest BCUT2D eigenvalue weighted by atomic mass is 9.91. The van der Waals surface area contributed by atoms with Crippen LogP contribution in [0, 0.1) is 0 Å². The Bertz CT molecular complexity index is 474. The number of hydrogen-bond donors (Lipinski definition) is 1. The molecule has 5 heteroatoms. The number of nitrogens with one attached hydrogen (secondary N) is 1. The first-order valence-corrected chi connectivity index (χ1v) is 7.15. The molecule has 0 saturated carbocycles. The number of methoxy groups -OCH3 is 1. The third-order valence-electron chi connectivity index (χ3n) is 3.70. The van der Waals surface area contributed by atoms with E-state index in [1.807, 2.05) is 12.1 Å². The fourth-order valence-electron chi connectivity index (χ4n) is 2.42. The maximum atomic E-state index is 12.2. The normalized spacial score (nSPS) is 21.4. The number of carbonyl (C=O) groups is 1. The molecule has 110 valence electrons. The standard InChI is InChI=1S/C15H20ClNO3/c1-15(14(18)19-2,11-5-3-6-12(16)9-11)17-10-13-7-4-8-20-13/h3,5-6,9,13,17H,4,7-8,10H2,1-2H3. The molecule has 1 saturated heterocycles. The second-order valence-corrected chi connectivity index (χ2v) is 5.58. The Morgan fingerprint density at radius 3 is 3.00 bits per heavy atom. The van der Waals surface area contributed by atoms with Crippen molar-refractivity contribution in [2.45, 2.75) is 31.4 Å². The molecule has 20 heavy (non-hydrogen) atoms. The molecule has 1 aliphatic rings. The first kappa shape index (κ1) is 15.3. The van der Waals surface area contributed by atoms with E-state index < -0.39 is 5.54 Å². The molecule has 1 aliphatic heterocycles. The smallest absolute Gasteiger partial charge is 0.330 e. The minimum atomic E-state index is -0.925. The molecule has 4 nitrogen and oxygen atoms in total. The topological polar surface area (TPSA) is 47.6 Å². The maximum Gasteiger partial charge on any atom is 0.330 e. The van der Waals surface area contributed by atoms with Gasteiger partial charge in [0.2, 0.25) is 0 Å². The van der Waals surface area contributed by atoms with Crippen LogP contribution in [0.4, 0.5) is 0 Å². The van der Waals surface area contributed by atoms with Gasteiger partial charge in [-0.2, -0.15) is 0 Å². The van der Waals surface area contributed by atoms with E-state index in [2.05, 4.69) is 5.32 Å². The summed E-state index contributed by atoms with van der Waals surface area (Å²) in [5.74, 6) is -0.335. The lowest BCUT2D eigenvalue weighted by Gasteiger charge is -2.30. The highest BCUT2D eigenvalue weighted by Gasteiger charge is 2.37. The maximum absolute atomic E-state index is 12.2. The number of benzene rings is 1. The van der Waals surface area contributed by atoms with E-state index in [4.69, 9.17) is 21.1 Å². The van der Waals surface area contributed by atoms with Crippen molar-refractivity contribution in [3.63, 3.8) is 0 Å². The third kappa shape index (κ3) is 3.32. The van der Waals surface area contributed by atoms with E-state index in [0.717, 1.165) is 25.0 Å². The molecule has 0 aromatic heterocycles. The lowest BCUT2D eigenvalue weighted by Crippen LogP contribution is -2.49. The van der Waals surface area contributed by atoms with Crippen molar-refractivity contribution in [2.75, 3.05) is 20.3 Å². The number of ether oxygens (including phenoxy) is 2. The van der Waals surface area contributed by atoms with Crippen molar-refractivity contribution < 1.29 is 14.3 Å². The van der Waals surface area contributed by atoms with Gasteiger partial charge in [-0.05, 0) is 37.5 Å². The first-order valence-electron chi connectivity index (χ1n) is 6.77. The average Bonchev–Trinajstić information content (AvgIpc) is 2.97. The molecule has 2 rings (SSSR count). The summed E-state index contributed by atoms with van der Waals surface area (Å²) in [5.41, 5.74) is -0.138. The van der Waals surface area contributed by atoms with Gasteiger partial charge in [0, 0.05) is 18.2 Å². The average molecular weight is 298 g/mol. The van der Waals surface area contributed by atoms with E-state index in [1.165, 1.54) is 7.11 Å². The van der Waals surface area contributed by atoms with E-state index in [0.29, 0.717) is 11.6 Å². The minimum absolute atomic E-state index is 0.151. The summed E-state index contributed by atoms with van der Waals surface area (Å²) in [4.78, 5) is 12.2. The number of halogens is 1. The van der Waals surface area contributed by atoms with E-state index in [-0.39, 0.29) is 12.1 Å². The molecule has 0 aliphatic carbocycles. The van der Waals surface area contributed by atoms with Gasteiger partial charge in [-0.3, -0.25) is 5.32 Å². The second kappa shape index (κ2) is 6.57. The van der Waals surface area contributed by atoms with Crippen LogP contribution in [0.15, 0.2) is 24.3 Å². The molecule has 0 bridgehead atoms. The van der Waals surface area contributed by atoms with Crippen LogP contribution in [0.5, 0.6) is 0 Å². The van der Waals surface area contributed by atoms with Gasteiger partial charge in [0.25, 0.3) is 0 Å². The fourth-order valence-corrected chi connectivity index (χ4v) is 2.61. The SMILES string of the molecule is COC(=O)C(C)(NCC1CCCO1)c1cccc(Cl)c1. The van der Waals surface area contributed by atoms with Crippen molar-refractivity contribution in [1.29, 1.82) is 0 Å². The largest absolute Gasteiger partial charge is 0.467 e. The molecule has 2 atom stereocenters. The minimum Gasteiger partial charge on any atom is -0.467 e. The van der Waals surface area contributed by atoms with Crippen molar-refractivity contribution in [1.82, 2.24) is 5.32 Å². The van der Waals surface area contributed by atoms with Gasteiger partial charge in [-0.25, -0.2) is 4.79 Å². The summed E-state index contributed by atoms with van der Waals surface area (Å²) in [6.07, 6.45) is 2.23. The van der Waals surface area contributed by atoms with Crippen LogP contribution in [0.2, 0.25) is 5.02 Å². The van der Waals surface area contributed by atoms with Crippen LogP contribution in [0.25, 0.3) is 0 Å². The molecular formula is C15H20ClNO3. The molecule has 0 radical (unpaired) electrons. The predicted octanol–water partition coefficient (Wildman–Crippen LogP) is 2.50. The van der Waals surface area contributed by atoms with Crippen molar-refractivity contribution >= 4 is 17.6 Å². The molecule has 1 aromatic carbocycles. The van der Waals surface area contributed by atoms with Crippen LogP contribution < -0.4 is 5.32 Å². The van der Waals surface area contributed by atoms with Crippen LogP contribution in [-0.2, 0) is 19.8 Å². The Morgan fingerprint density at radius 1 is 1.60 bits per heavy atom. The van der Waals surface area contributed by atoms with Crippen LogP contribution >= 0.6 is 11.6 Å². The van der Waals surface area contributed by atoms with Gasteiger partial charge in [0.15, 0.2) is 0 Å².